The molecule has 1 saturated heterocycles. The van der Waals surface area contributed by atoms with E-state index in [0.717, 1.165) is 47.6 Å². The fourth-order valence-electron chi connectivity index (χ4n) is 6.71. The van der Waals surface area contributed by atoms with Gasteiger partial charge in [-0.15, -0.1) is 0 Å². The molecule has 2 atom stereocenters. The summed E-state index contributed by atoms with van der Waals surface area (Å²) in [5.74, 6) is 0.689. The Labute approximate surface area is 283 Å². The van der Waals surface area contributed by atoms with Crippen LogP contribution in [0.1, 0.15) is 74.1 Å². The van der Waals surface area contributed by atoms with Crippen molar-refractivity contribution in [2.75, 3.05) is 22.8 Å². The van der Waals surface area contributed by atoms with Crippen LogP contribution in [0, 0.1) is 19.3 Å². The van der Waals surface area contributed by atoms with E-state index in [1.54, 1.807) is 23.1 Å². The third kappa shape index (κ3) is 7.31. The zero-order valence-electron chi connectivity index (χ0n) is 28.5. The Hall–Kier alpha value is -4.51. The van der Waals surface area contributed by atoms with E-state index >= 15 is 0 Å². The van der Waals surface area contributed by atoms with Crippen molar-refractivity contribution >= 4 is 27.7 Å². The van der Waals surface area contributed by atoms with E-state index in [4.69, 9.17) is 9.72 Å². The molecule has 2 aromatic heterocycles. The predicted octanol–water partition coefficient (Wildman–Crippen LogP) is 6.78. The van der Waals surface area contributed by atoms with Crippen LogP contribution in [-0.4, -0.2) is 59.4 Å². The van der Waals surface area contributed by atoms with Crippen molar-refractivity contribution in [1.82, 2.24) is 19.9 Å². The number of rotatable bonds is 5. The number of pyridine rings is 1. The van der Waals surface area contributed by atoms with E-state index < -0.39 is 16.1 Å². The number of ether oxygens (including phenoxy) is 1. The lowest BCUT2D eigenvalue weighted by Crippen LogP contribution is -2.45. The summed E-state index contributed by atoms with van der Waals surface area (Å²) in [6, 6.07) is 19.7. The van der Waals surface area contributed by atoms with Gasteiger partial charge in [-0.3, -0.25) is 4.79 Å². The van der Waals surface area contributed by atoms with Crippen molar-refractivity contribution in [2.24, 2.45) is 5.41 Å². The van der Waals surface area contributed by atoms with Crippen LogP contribution in [-0.2, 0) is 16.6 Å². The number of carbonyl (C=O) groups is 1. The summed E-state index contributed by atoms with van der Waals surface area (Å²) in [5, 5.41) is 0. The molecule has 10 nitrogen and oxygen atoms in total. The number of aryl methyl sites for hydroxylation is 2. The van der Waals surface area contributed by atoms with Crippen LogP contribution in [0.25, 0.3) is 11.3 Å². The summed E-state index contributed by atoms with van der Waals surface area (Å²) in [5.41, 5.74) is 4.21. The van der Waals surface area contributed by atoms with Crippen LogP contribution >= 0.6 is 0 Å². The zero-order chi connectivity index (χ0) is 34.2. The summed E-state index contributed by atoms with van der Waals surface area (Å²) in [6.45, 7) is 13.9. The molecule has 0 aliphatic carbocycles. The molecule has 4 heterocycles. The van der Waals surface area contributed by atoms with Gasteiger partial charge in [0.15, 0.2) is 0 Å². The maximum atomic E-state index is 14.5. The van der Waals surface area contributed by atoms with Gasteiger partial charge in [0.1, 0.15) is 12.4 Å². The van der Waals surface area contributed by atoms with E-state index in [1.165, 1.54) is 12.1 Å². The molecule has 0 spiro atoms. The van der Waals surface area contributed by atoms with Gasteiger partial charge in [-0.2, -0.15) is 4.98 Å². The second-order valence-electron chi connectivity index (χ2n) is 14.1. The van der Waals surface area contributed by atoms with E-state index in [0.29, 0.717) is 18.2 Å². The Kier molecular flexibility index (Phi) is 9.17. The first kappa shape index (κ1) is 33.4. The molecule has 48 heavy (non-hydrogen) atoms. The van der Waals surface area contributed by atoms with Gasteiger partial charge in [-0.1, -0.05) is 51.1 Å². The van der Waals surface area contributed by atoms with Gasteiger partial charge in [0.25, 0.3) is 15.9 Å². The smallest absolute Gasteiger partial charge is 0.264 e. The average molecular weight is 669 g/mol. The quantitative estimate of drug-likeness (QED) is 0.247. The number of carbonyl (C=O) groups excluding carboxylic acids is 1. The first-order chi connectivity index (χ1) is 22.8. The highest BCUT2D eigenvalue weighted by molar-refractivity contribution is 7.92. The minimum atomic E-state index is -4.16. The van der Waals surface area contributed by atoms with Crippen LogP contribution in [0.15, 0.2) is 71.6 Å². The van der Waals surface area contributed by atoms with Crippen LogP contribution in [0.4, 0.5) is 11.8 Å². The molecule has 1 fully saturated rings. The number of sulfonamides is 1. The van der Waals surface area contributed by atoms with Crippen molar-refractivity contribution in [1.29, 1.82) is 0 Å². The second-order valence-corrected chi connectivity index (χ2v) is 15.8. The van der Waals surface area contributed by atoms with E-state index in [1.807, 2.05) is 50.2 Å². The SMILES string of the molecule is Cc1cccc(C)c1-c1cc2nc(n1)NS(=O)(=O)c1cccc(c1)C(=O)N(Cc1cccc(N3CCCC3C)n1)[C@H](CC(C)(C)C)CO2. The lowest BCUT2D eigenvalue weighted by molar-refractivity contribution is 0.0509. The number of amides is 1. The third-order valence-electron chi connectivity index (χ3n) is 9.00. The Bertz CT molecular complexity index is 1920. The molecule has 2 aromatic carbocycles. The summed E-state index contributed by atoms with van der Waals surface area (Å²) in [4.78, 5) is 32.7. The highest BCUT2D eigenvalue weighted by Gasteiger charge is 2.32. The average Bonchev–Trinajstić information content (AvgIpc) is 3.46. The molecule has 11 heteroatoms. The topological polar surface area (TPSA) is 118 Å². The van der Waals surface area contributed by atoms with Gasteiger partial charge < -0.3 is 14.5 Å². The molecule has 0 saturated carbocycles. The van der Waals surface area contributed by atoms with E-state index in [9.17, 15) is 13.2 Å². The molecule has 1 unspecified atom stereocenters. The highest BCUT2D eigenvalue weighted by Crippen LogP contribution is 2.32. The normalized spacial score (nSPS) is 19.5. The molecule has 6 rings (SSSR count). The molecular weight excluding hydrogens is 625 g/mol. The van der Waals surface area contributed by atoms with E-state index in [2.05, 4.69) is 47.3 Å². The summed E-state index contributed by atoms with van der Waals surface area (Å²) in [7, 11) is -4.16. The number of hydrogen-bond donors (Lipinski definition) is 1. The van der Waals surface area contributed by atoms with Crippen molar-refractivity contribution in [2.45, 2.75) is 84.3 Å². The monoisotopic (exact) mass is 668 g/mol. The molecule has 252 valence electrons. The largest absolute Gasteiger partial charge is 0.475 e. The van der Waals surface area contributed by atoms with Crippen molar-refractivity contribution in [3.63, 3.8) is 0 Å². The van der Waals surface area contributed by atoms with Crippen molar-refractivity contribution in [3.05, 3.63) is 89.1 Å². The molecule has 1 amide bonds. The number of aromatic nitrogens is 3. The summed E-state index contributed by atoms with van der Waals surface area (Å²) >= 11 is 0. The Morgan fingerprint density at radius 1 is 0.958 bits per heavy atom. The number of fused-ring (bicyclic) bond motifs is 4. The van der Waals surface area contributed by atoms with E-state index in [-0.39, 0.29) is 46.8 Å². The summed E-state index contributed by atoms with van der Waals surface area (Å²) < 4.78 is 36.4. The maximum Gasteiger partial charge on any atom is 0.264 e. The highest BCUT2D eigenvalue weighted by atomic mass is 32.2. The first-order valence-corrected chi connectivity index (χ1v) is 18.0. The van der Waals surface area contributed by atoms with Gasteiger partial charge in [-0.05, 0) is 86.9 Å². The molecule has 1 N–H and O–H groups in total. The fourth-order valence-corrected chi connectivity index (χ4v) is 7.70. The van der Waals surface area contributed by atoms with Crippen LogP contribution in [0.3, 0.4) is 0 Å². The fraction of sp³-hybridized carbons (Fsp3) is 0.405. The third-order valence-corrected chi connectivity index (χ3v) is 10.3. The minimum Gasteiger partial charge on any atom is -0.475 e. The lowest BCUT2D eigenvalue weighted by atomic mass is 9.87. The molecular formula is C37H44N6O4S. The van der Waals surface area contributed by atoms with Crippen LogP contribution in [0.2, 0.25) is 0 Å². The maximum absolute atomic E-state index is 14.5. The zero-order valence-corrected chi connectivity index (χ0v) is 29.3. The van der Waals surface area contributed by atoms with Gasteiger partial charge in [0.05, 0.1) is 28.9 Å². The summed E-state index contributed by atoms with van der Waals surface area (Å²) in [6.07, 6.45) is 2.84. The molecule has 2 aliphatic heterocycles. The van der Waals surface area contributed by atoms with Crippen LogP contribution < -0.4 is 14.4 Å². The Balaban J connectivity index is 1.47. The van der Waals surface area contributed by atoms with Gasteiger partial charge in [0.2, 0.25) is 11.8 Å². The van der Waals surface area contributed by atoms with Gasteiger partial charge in [0, 0.05) is 29.8 Å². The molecule has 4 aromatic rings. The lowest BCUT2D eigenvalue weighted by Gasteiger charge is -2.35. The molecule has 4 bridgehead atoms. The molecule has 2 aliphatic rings. The van der Waals surface area contributed by atoms with Gasteiger partial charge >= 0.3 is 0 Å². The number of nitrogens with zero attached hydrogens (tertiary/aromatic N) is 5. The van der Waals surface area contributed by atoms with Crippen molar-refractivity contribution < 1.29 is 17.9 Å². The second kappa shape index (κ2) is 13.2. The number of hydrogen-bond acceptors (Lipinski definition) is 8. The Morgan fingerprint density at radius 3 is 2.40 bits per heavy atom. The van der Waals surface area contributed by atoms with Gasteiger partial charge in [-0.25, -0.2) is 23.1 Å². The first-order valence-electron chi connectivity index (χ1n) is 16.5. The number of nitrogens with one attached hydrogen (secondary N) is 1. The standard InChI is InChI=1S/C37H44N6O4S/c1-24-11-7-12-25(2)34(24)31-20-33-40-36(39-31)41-48(45,46)30-16-8-14-27(19-30)35(44)43(29(23-47-33)21-37(4,5)6)22-28-15-9-17-32(38-28)42-18-10-13-26(42)3/h7-9,11-12,14-17,19-20,26,29H,10,13,18,21-23H2,1-6H3,(H,39,40,41)/t26?,29-/m1/s1. The number of benzene rings is 2. The van der Waals surface area contributed by atoms with Crippen molar-refractivity contribution in [3.8, 4) is 17.1 Å². The minimum absolute atomic E-state index is 0.0633. The number of anilines is 2. The predicted molar refractivity (Wildman–Crippen MR) is 188 cm³/mol. The Morgan fingerprint density at radius 2 is 1.69 bits per heavy atom. The molecule has 0 radical (unpaired) electrons. The van der Waals surface area contributed by atoms with Crippen LogP contribution in [0.5, 0.6) is 5.88 Å².